The third-order valence-electron chi connectivity index (χ3n) is 2.73. The molecule has 0 aliphatic rings. The van der Waals surface area contributed by atoms with Crippen molar-refractivity contribution in [3.63, 3.8) is 0 Å². The zero-order chi connectivity index (χ0) is 22.3. The molecule has 0 amide bonds. The van der Waals surface area contributed by atoms with Crippen LogP contribution in [0.25, 0.3) is 0 Å². The van der Waals surface area contributed by atoms with Crippen LogP contribution in [0.4, 0.5) is 0 Å². The lowest BCUT2D eigenvalue weighted by atomic mass is 10.2. The van der Waals surface area contributed by atoms with Gasteiger partial charge < -0.3 is 14.6 Å². The second kappa shape index (κ2) is 26.6. The monoisotopic (exact) mass is 388 g/mol. The molecule has 5 heteroatoms. The van der Waals surface area contributed by atoms with Gasteiger partial charge in [0.05, 0.1) is 25.2 Å². The van der Waals surface area contributed by atoms with Crippen molar-refractivity contribution >= 4 is 11.9 Å². The van der Waals surface area contributed by atoms with E-state index in [4.69, 9.17) is 9.84 Å². The van der Waals surface area contributed by atoms with Gasteiger partial charge in [0.2, 0.25) is 0 Å². The lowest BCUT2D eigenvalue weighted by molar-refractivity contribution is -0.147. The van der Waals surface area contributed by atoms with Gasteiger partial charge in [-0.3, -0.25) is 4.79 Å². The van der Waals surface area contributed by atoms with E-state index in [1.165, 1.54) is 5.57 Å². The van der Waals surface area contributed by atoms with Crippen molar-refractivity contribution < 1.29 is 24.2 Å². The molecule has 0 saturated carbocycles. The Hall–Kier alpha value is -1.62. The number of carbonyl (C=O) groups is 2. The molecule has 0 aliphatic carbocycles. The van der Waals surface area contributed by atoms with Gasteiger partial charge in [0.15, 0.2) is 0 Å². The predicted octanol–water partition coefficient (Wildman–Crippen LogP) is 5.47. The van der Waals surface area contributed by atoms with E-state index in [9.17, 15) is 9.59 Å². The van der Waals surface area contributed by atoms with Gasteiger partial charge in [-0.05, 0) is 39.5 Å². The van der Waals surface area contributed by atoms with Crippen LogP contribution in [-0.2, 0) is 19.1 Å². The quantitative estimate of drug-likeness (QED) is 0.339. The summed E-state index contributed by atoms with van der Waals surface area (Å²) in [5.74, 6) is -0.430. The fourth-order valence-corrected chi connectivity index (χ4v) is 0.631. The van der Waals surface area contributed by atoms with Crippen LogP contribution in [0.15, 0.2) is 24.8 Å². The average molecular weight is 389 g/mol. The first kappa shape index (κ1) is 33.0. The first-order valence-corrected chi connectivity index (χ1v) is 9.81. The summed E-state index contributed by atoms with van der Waals surface area (Å²) >= 11 is 0. The van der Waals surface area contributed by atoms with Crippen LogP contribution in [0.1, 0.15) is 81.1 Å². The van der Waals surface area contributed by atoms with Crippen molar-refractivity contribution in [2.75, 3.05) is 13.2 Å². The highest BCUT2D eigenvalue weighted by atomic mass is 16.5. The SMILES string of the molecule is C=C(C)CC.C=CC(=O)OCCC.CCC(C)O.CCCOC(=O)C(C)C. The molecular formula is C22H44O5. The van der Waals surface area contributed by atoms with E-state index in [1.54, 1.807) is 6.92 Å². The summed E-state index contributed by atoms with van der Waals surface area (Å²) in [7, 11) is 0. The number of carbonyl (C=O) groups excluding carboxylic acids is 2. The highest BCUT2D eigenvalue weighted by Crippen LogP contribution is 1.95. The number of esters is 2. The molecule has 27 heavy (non-hydrogen) atoms. The lowest BCUT2D eigenvalue weighted by Gasteiger charge is -2.03. The zero-order valence-electron chi connectivity index (χ0n) is 19.0. The minimum Gasteiger partial charge on any atom is -0.465 e. The summed E-state index contributed by atoms with van der Waals surface area (Å²) in [4.78, 5) is 20.9. The van der Waals surface area contributed by atoms with Gasteiger partial charge in [-0.1, -0.05) is 53.7 Å². The largest absolute Gasteiger partial charge is 0.465 e. The van der Waals surface area contributed by atoms with Crippen molar-refractivity contribution in [1.82, 2.24) is 0 Å². The summed E-state index contributed by atoms with van der Waals surface area (Å²) in [6.45, 7) is 23.4. The number of hydrogen-bond acceptors (Lipinski definition) is 5. The number of hydrogen-bond donors (Lipinski definition) is 1. The smallest absolute Gasteiger partial charge is 0.330 e. The third-order valence-corrected chi connectivity index (χ3v) is 2.73. The van der Waals surface area contributed by atoms with Gasteiger partial charge in [-0.2, -0.15) is 0 Å². The Balaban J connectivity index is -0.000000135. The van der Waals surface area contributed by atoms with Crippen molar-refractivity contribution in [2.45, 2.75) is 87.2 Å². The van der Waals surface area contributed by atoms with Crippen LogP contribution in [0.3, 0.4) is 0 Å². The lowest BCUT2D eigenvalue weighted by Crippen LogP contribution is -2.11. The number of allylic oxidation sites excluding steroid dienone is 1. The van der Waals surface area contributed by atoms with Gasteiger partial charge in [-0.15, -0.1) is 6.58 Å². The normalized spacial score (nSPS) is 9.85. The number of aliphatic hydroxyl groups is 1. The minimum atomic E-state index is -0.341. The minimum absolute atomic E-state index is 0.0107. The molecule has 0 bridgehead atoms. The van der Waals surface area contributed by atoms with Gasteiger partial charge in [0, 0.05) is 6.08 Å². The molecule has 1 unspecified atom stereocenters. The van der Waals surface area contributed by atoms with Gasteiger partial charge >= 0.3 is 11.9 Å². The number of ether oxygens (including phenoxy) is 2. The fourth-order valence-electron chi connectivity index (χ4n) is 0.631. The second-order valence-corrected chi connectivity index (χ2v) is 6.26. The molecule has 0 saturated heterocycles. The third kappa shape index (κ3) is 45.5. The van der Waals surface area contributed by atoms with Gasteiger partial charge in [-0.25, -0.2) is 4.79 Å². The van der Waals surface area contributed by atoms with Crippen LogP contribution < -0.4 is 0 Å². The molecule has 0 aromatic heterocycles. The molecule has 0 aromatic rings. The number of aliphatic hydroxyl groups excluding tert-OH is 1. The molecule has 0 fully saturated rings. The molecule has 0 radical (unpaired) electrons. The topological polar surface area (TPSA) is 72.8 Å². The van der Waals surface area contributed by atoms with Gasteiger partial charge in [0.25, 0.3) is 0 Å². The molecule has 0 rings (SSSR count). The molecular weight excluding hydrogens is 344 g/mol. The standard InChI is InChI=1S/C7H14O2.C6H10O2.C5H10.C4H10O/c1-4-5-9-7(8)6(2)3;1-3-5-8-6(7)4-2;1-4-5(2)3;1-3-4(2)5/h6H,4-5H2,1-3H3;4H,2-3,5H2,1H3;2,4H2,1,3H3;4-5H,3H2,1-2H3. The Kier molecular flexibility index (Phi) is 32.5. The molecule has 0 heterocycles. The number of rotatable bonds is 8. The maximum absolute atomic E-state index is 10.7. The summed E-state index contributed by atoms with van der Waals surface area (Å²) in [6, 6.07) is 0. The van der Waals surface area contributed by atoms with E-state index in [0.29, 0.717) is 13.2 Å². The van der Waals surface area contributed by atoms with Gasteiger partial charge in [0.1, 0.15) is 0 Å². The Morgan fingerprint density at radius 2 is 1.37 bits per heavy atom. The maximum Gasteiger partial charge on any atom is 0.330 e. The summed E-state index contributed by atoms with van der Waals surface area (Å²) in [5, 5.41) is 8.36. The van der Waals surface area contributed by atoms with Crippen LogP contribution in [0, 0.1) is 5.92 Å². The van der Waals surface area contributed by atoms with E-state index in [2.05, 4.69) is 24.8 Å². The maximum atomic E-state index is 10.7. The Morgan fingerprint density at radius 3 is 1.59 bits per heavy atom. The molecule has 162 valence electrons. The molecule has 0 spiro atoms. The van der Waals surface area contributed by atoms with Crippen LogP contribution in [-0.4, -0.2) is 36.4 Å². The molecule has 1 atom stereocenters. The van der Waals surface area contributed by atoms with Crippen molar-refractivity contribution in [3.05, 3.63) is 24.8 Å². The summed E-state index contributed by atoms with van der Waals surface area (Å²) in [5.41, 5.74) is 1.25. The summed E-state index contributed by atoms with van der Waals surface area (Å²) < 4.78 is 9.40. The highest BCUT2D eigenvalue weighted by Gasteiger charge is 2.05. The van der Waals surface area contributed by atoms with Crippen molar-refractivity contribution in [1.29, 1.82) is 0 Å². The van der Waals surface area contributed by atoms with E-state index in [1.807, 2.05) is 41.5 Å². The van der Waals surface area contributed by atoms with E-state index >= 15 is 0 Å². The Bertz CT molecular complexity index is 360. The average Bonchev–Trinajstić information content (AvgIpc) is 2.65. The Labute approximate surface area is 167 Å². The first-order chi connectivity index (χ1) is 12.5. The second-order valence-electron chi connectivity index (χ2n) is 6.26. The summed E-state index contributed by atoms with van der Waals surface area (Å²) in [6.07, 6.45) is 4.78. The highest BCUT2D eigenvalue weighted by molar-refractivity contribution is 5.81. The molecule has 1 N–H and O–H groups in total. The zero-order valence-corrected chi connectivity index (χ0v) is 19.0. The molecule has 0 aromatic carbocycles. The van der Waals surface area contributed by atoms with E-state index in [-0.39, 0.29) is 24.0 Å². The first-order valence-electron chi connectivity index (χ1n) is 9.81. The fraction of sp³-hybridized carbons (Fsp3) is 0.727. The van der Waals surface area contributed by atoms with E-state index in [0.717, 1.165) is 31.8 Å². The van der Waals surface area contributed by atoms with E-state index < -0.39 is 0 Å². The van der Waals surface area contributed by atoms with Crippen LogP contribution >= 0.6 is 0 Å². The Morgan fingerprint density at radius 1 is 1.00 bits per heavy atom. The van der Waals surface area contributed by atoms with Crippen molar-refractivity contribution in [3.8, 4) is 0 Å². The van der Waals surface area contributed by atoms with Crippen LogP contribution in [0.5, 0.6) is 0 Å². The van der Waals surface area contributed by atoms with Crippen LogP contribution in [0.2, 0.25) is 0 Å². The molecule has 0 aliphatic heterocycles. The molecule has 5 nitrogen and oxygen atoms in total. The predicted molar refractivity (Wildman–Crippen MR) is 115 cm³/mol. The van der Waals surface area contributed by atoms with Crippen molar-refractivity contribution in [2.24, 2.45) is 5.92 Å².